The zero-order chi connectivity index (χ0) is 28.1. The van der Waals surface area contributed by atoms with Gasteiger partial charge in [-0.25, -0.2) is 0 Å². The largest absolute Gasteiger partial charge is 0.309 e. The minimum absolute atomic E-state index is 1.18. The van der Waals surface area contributed by atoms with Gasteiger partial charge in [-0.3, -0.25) is 0 Å². The lowest BCUT2D eigenvalue weighted by Crippen LogP contribution is -1.93. The van der Waals surface area contributed by atoms with Gasteiger partial charge >= 0.3 is 0 Å². The third kappa shape index (κ3) is 3.32. The van der Waals surface area contributed by atoms with Crippen molar-refractivity contribution in [2.24, 2.45) is 0 Å². The van der Waals surface area contributed by atoms with Gasteiger partial charge in [0.1, 0.15) is 0 Å². The molecule has 0 saturated carbocycles. The average molecular weight is 582 g/mol. The van der Waals surface area contributed by atoms with Gasteiger partial charge in [-0.2, -0.15) is 0 Å². The second-order valence-corrected chi connectivity index (χ2v) is 13.3. The highest BCUT2D eigenvalue weighted by Crippen LogP contribution is 2.46. The van der Waals surface area contributed by atoms with Crippen molar-refractivity contribution in [1.29, 1.82) is 0 Å². The van der Waals surface area contributed by atoms with Crippen LogP contribution >= 0.6 is 22.7 Å². The van der Waals surface area contributed by atoms with E-state index in [1.54, 1.807) is 0 Å². The van der Waals surface area contributed by atoms with Crippen LogP contribution in [0.2, 0.25) is 0 Å². The topological polar surface area (TPSA) is 4.93 Å². The van der Waals surface area contributed by atoms with Crippen LogP contribution in [-0.4, -0.2) is 4.57 Å². The Kier molecular flexibility index (Phi) is 4.81. The molecule has 0 aliphatic heterocycles. The molecule has 0 bridgehead atoms. The summed E-state index contributed by atoms with van der Waals surface area (Å²) < 4.78 is 6.45. The molecule has 0 aliphatic rings. The summed E-state index contributed by atoms with van der Waals surface area (Å²) in [6.45, 7) is 0. The molecule has 0 N–H and O–H groups in total. The Morgan fingerprint density at radius 2 is 1.23 bits per heavy atom. The van der Waals surface area contributed by atoms with E-state index in [9.17, 15) is 0 Å². The number of hydrogen-bond acceptors (Lipinski definition) is 2. The Labute approximate surface area is 255 Å². The average Bonchev–Trinajstić information content (AvgIpc) is 3.76. The highest BCUT2D eigenvalue weighted by atomic mass is 32.1. The predicted octanol–water partition coefficient (Wildman–Crippen LogP) is 12.3. The molecule has 10 rings (SSSR count). The lowest BCUT2D eigenvalue weighted by molar-refractivity contribution is 1.18. The first-order valence-electron chi connectivity index (χ1n) is 14.6. The zero-order valence-electron chi connectivity index (χ0n) is 23.0. The molecule has 7 aromatic carbocycles. The molecule has 0 fully saturated rings. The van der Waals surface area contributed by atoms with Crippen LogP contribution in [0.3, 0.4) is 0 Å². The van der Waals surface area contributed by atoms with Gasteiger partial charge in [0.25, 0.3) is 0 Å². The van der Waals surface area contributed by atoms with E-state index in [-0.39, 0.29) is 0 Å². The van der Waals surface area contributed by atoms with Gasteiger partial charge < -0.3 is 4.57 Å². The molecule has 3 heteroatoms. The van der Waals surface area contributed by atoms with Gasteiger partial charge in [-0.15, -0.1) is 22.7 Å². The van der Waals surface area contributed by atoms with E-state index in [1.807, 2.05) is 22.7 Å². The standard InChI is InChI=1S/C40H23NS2/c1-2-9-26(10-3-1)41-36-15-6-4-11-27(36)35-22-33-31-19-24-17-18-42-39(24)21-25(31)20-32(34(33)23-37(35)41)30-14-8-13-29-28-12-5-7-16-38(28)43-40(29)30/h1-23H. The first kappa shape index (κ1) is 23.6. The molecule has 1 nitrogen and oxygen atoms in total. The van der Waals surface area contributed by atoms with E-state index >= 15 is 0 Å². The van der Waals surface area contributed by atoms with E-state index in [0.717, 1.165) is 0 Å². The fraction of sp³-hybridized carbons (Fsp3) is 0. The molecule has 10 aromatic rings. The first-order valence-corrected chi connectivity index (χ1v) is 16.3. The number of hydrogen-bond donors (Lipinski definition) is 0. The fourth-order valence-electron chi connectivity index (χ4n) is 7.11. The van der Waals surface area contributed by atoms with E-state index in [0.29, 0.717) is 0 Å². The Balaban J connectivity index is 1.42. The number of rotatable bonds is 2. The van der Waals surface area contributed by atoms with Crippen molar-refractivity contribution in [2.45, 2.75) is 0 Å². The van der Waals surface area contributed by atoms with Gasteiger partial charge in [0.2, 0.25) is 0 Å². The van der Waals surface area contributed by atoms with Crippen molar-refractivity contribution in [1.82, 2.24) is 4.57 Å². The second kappa shape index (κ2) is 8.78. The lowest BCUT2D eigenvalue weighted by Gasteiger charge is -2.14. The van der Waals surface area contributed by atoms with Crippen LogP contribution in [-0.2, 0) is 0 Å². The van der Waals surface area contributed by atoms with E-state index in [2.05, 4.69) is 143 Å². The maximum absolute atomic E-state index is 2.46. The van der Waals surface area contributed by atoms with E-state index in [4.69, 9.17) is 0 Å². The van der Waals surface area contributed by atoms with Crippen LogP contribution < -0.4 is 0 Å². The summed E-state index contributed by atoms with van der Waals surface area (Å²) in [4.78, 5) is 0. The molecule has 0 radical (unpaired) electrons. The van der Waals surface area contributed by atoms with Gasteiger partial charge in [0.05, 0.1) is 11.0 Å². The van der Waals surface area contributed by atoms with Crippen molar-refractivity contribution < 1.29 is 0 Å². The molecule has 200 valence electrons. The van der Waals surface area contributed by atoms with Crippen LogP contribution in [0.25, 0.3) is 90.4 Å². The molecule has 0 atom stereocenters. The molecule has 0 saturated heterocycles. The summed E-state index contributed by atoms with van der Waals surface area (Å²) in [5.74, 6) is 0. The molecule has 3 aromatic heterocycles. The molecular weight excluding hydrogens is 559 g/mol. The molecular formula is C40H23NS2. The number of benzene rings is 7. The maximum atomic E-state index is 2.46. The summed E-state index contributed by atoms with van der Waals surface area (Å²) >= 11 is 3.72. The number of fused-ring (bicyclic) bond motifs is 10. The Morgan fingerprint density at radius 1 is 0.419 bits per heavy atom. The van der Waals surface area contributed by atoms with E-state index < -0.39 is 0 Å². The predicted molar refractivity (Wildman–Crippen MR) is 190 cm³/mol. The second-order valence-electron chi connectivity index (χ2n) is 11.3. The molecule has 3 heterocycles. The van der Waals surface area contributed by atoms with Crippen molar-refractivity contribution >= 4 is 96.3 Å². The molecule has 0 aliphatic carbocycles. The summed E-state index contributed by atoms with van der Waals surface area (Å²) in [6.07, 6.45) is 0. The summed E-state index contributed by atoms with van der Waals surface area (Å²) in [5.41, 5.74) is 6.25. The van der Waals surface area contributed by atoms with Crippen molar-refractivity contribution in [3.8, 4) is 16.8 Å². The number of para-hydroxylation sites is 2. The Morgan fingerprint density at radius 3 is 2.16 bits per heavy atom. The molecule has 43 heavy (non-hydrogen) atoms. The van der Waals surface area contributed by atoms with Crippen molar-refractivity contribution in [3.05, 3.63) is 139 Å². The highest BCUT2D eigenvalue weighted by molar-refractivity contribution is 7.26. The molecule has 0 unspecified atom stereocenters. The highest BCUT2D eigenvalue weighted by Gasteiger charge is 2.19. The van der Waals surface area contributed by atoms with Crippen LogP contribution in [0, 0.1) is 0 Å². The maximum Gasteiger partial charge on any atom is 0.0547 e. The third-order valence-electron chi connectivity index (χ3n) is 9.03. The monoisotopic (exact) mass is 581 g/mol. The van der Waals surface area contributed by atoms with Crippen LogP contribution in [0.15, 0.2) is 139 Å². The van der Waals surface area contributed by atoms with Gasteiger partial charge in [0, 0.05) is 46.9 Å². The number of thiophene rings is 2. The van der Waals surface area contributed by atoms with Gasteiger partial charge in [0.15, 0.2) is 0 Å². The van der Waals surface area contributed by atoms with Crippen molar-refractivity contribution in [3.63, 3.8) is 0 Å². The number of nitrogens with zero attached hydrogens (tertiary/aromatic N) is 1. The number of aromatic nitrogens is 1. The smallest absolute Gasteiger partial charge is 0.0547 e. The van der Waals surface area contributed by atoms with E-state index in [1.165, 1.54) is 90.4 Å². The minimum Gasteiger partial charge on any atom is -0.309 e. The zero-order valence-corrected chi connectivity index (χ0v) is 24.7. The first-order chi connectivity index (χ1) is 21.3. The lowest BCUT2D eigenvalue weighted by atomic mass is 9.91. The SMILES string of the molecule is c1ccc(-n2c3ccccc3c3cc4c(cc32)c(-c2cccc3c2sc2ccccc23)cc2cc3sccc3cc24)cc1. The van der Waals surface area contributed by atoms with Crippen molar-refractivity contribution in [2.75, 3.05) is 0 Å². The van der Waals surface area contributed by atoms with Gasteiger partial charge in [-0.05, 0) is 98.5 Å². The summed E-state index contributed by atoms with van der Waals surface area (Å²) in [6, 6.07) is 49.6. The van der Waals surface area contributed by atoms with Crippen LogP contribution in [0.1, 0.15) is 0 Å². The third-order valence-corrected chi connectivity index (χ3v) is 11.1. The normalized spacial score (nSPS) is 12.2. The van der Waals surface area contributed by atoms with Gasteiger partial charge in [-0.1, -0.05) is 72.8 Å². The molecule has 0 amide bonds. The van der Waals surface area contributed by atoms with Crippen LogP contribution in [0.5, 0.6) is 0 Å². The van der Waals surface area contributed by atoms with Crippen LogP contribution in [0.4, 0.5) is 0 Å². The Bertz CT molecular complexity index is 2720. The Hall–Kier alpha value is -4.96. The minimum atomic E-state index is 1.18. The fourth-order valence-corrected chi connectivity index (χ4v) is 9.16. The molecule has 0 spiro atoms. The summed E-state index contributed by atoms with van der Waals surface area (Å²) in [5, 5.41) is 14.0. The quantitative estimate of drug-likeness (QED) is 0.179. The summed E-state index contributed by atoms with van der Waals surface area (Å²) in [7, 11) is 0.